The van der Waals surface area contributed by atoms with Gasteiger partial charge in [0.05, 0.1) is 7.11 Å². The highest BCUT2D eigenvalue weighted by atomic mass is 16.5. The van der Waals surface area contributed by atoms with Gasteiger partial charge in [-0.05, 0) is 68.5 Å². The molecule has 104 valence electrons. The second-order valence-electron chi connectivity index (χ2n) is 5.78. The molecule has 0 aromatic heterocycles. The molecule has 0 amide bonds. The normalized spacial score (nSPS) is 24.7. The van der Waals surface area contributed by atoms with E-state index in [0.29, 0.717) is 0 Å². The van der Waals surface area contributed by atoms with Crippen LogP contribution in [-0.2, 0) is 0 Å². The molecule has 1 aromatic carbocycles. The third kappa shape index (κ3) is 2.86. The first-order valence-electron chi connectivity index (χ1n) is 7.46. The molecule has 1 unspecified atom stereocenters. The number of nitrogens with one attached hydrogen (secondary N) is 1. The first-order valence-corrected chi connectivity index (χ1v) is 7.46. The Labute approximate surface area is 115 Å². The molecule has 0 saturated carbocycles. The Kier molecular flexibility index (Phi) is 3.92. The van der Waals surface area contributed by atoms with E-state index in [-0.39, 0.29) is 0 Å². The van der Waals surface area contributed by atoms with Crippen LogP contribution < -0.4 is 15.0 Å². The van der Waals surface area contributed by atoms with Crippen LogP contribution >= 0.6 is 0 Å². The van der Waals surface area contributed by atoms with Crippen molar-refractivity contribution in [3.8, 4) is 5.75 Å². The molecule has 1 atom stereocenters. The summed E-state index contributed by atoms with van der Waals surface area (Å²) in [5.74, 6) is 2.80. The number of hydrogen-bond acceptors (Lipinski definition) is 3. The summed E-state index contributed by atoms with van der Waals surface area (Å²) in [6.07, 6.45) is 4.07. The first-order chi connectivity index (χ1) is 9.36. The fourth-order valence-electron chi connectivity index (χ4n) is 3.50. The molecule has 2 saturated heterocycles. The van der Waals surface area contributed by atoms with Crippen molar-refractivity contribution >= 4 is 5.69 Å². The van der Waals surface area contributed by atoms with Gasteiger partial charge in [-0.15, -0.1) is 0 Å². The van der Waals surface area contributed by atoms with Crippen molar-refractivity contribution in [2.45, 2.75) is 19.3 Å². The van der Waals surface area contributed by atoms with Crippen molar-refractivity contribution in [3.05, 3.63) is 24.3 Å². The summed E-state index contributed by atoms with van der Waals surface area (Å²) in [6.45, 7) is 4.87. The molecule has 2 fully saturated rings. The molecule has 2 heterocycles. The van der Waals surface area contributed by atoms with E-state index in [1.165, 1.54) is 51.1 Å². The number of ether oxygens (including phenoxy) is 1. The Morgan fingerprint density at radius 3 is 2.37 bits per heavy atom. The van der Waals surface area contributed by atoms with Gasteiger partial charge in [0, 0.05) is 18.8 Å². The van der Waals surface area contributed by atoms with Crippen molar-refractivity contribution in [1.29, 1.82) is 0 Å². The van der Waals surface area contributed by atoms with E-state index in [4.69, 9.17) is 4.74 Å². The van der Waals surface area contributed by atoms with Gasteiger partial charge < -0.3 is 15.0 Å². The zero-order valence-corrected chi connectivity index (χ0v) is 11.8. The summed E-state index contributed by atoms with van der Waals surface area (Å²) in [5, 5.41) is 3.50. The Morgan fingerprint density at radius 1 is 1.05 bits per heavy atom. The lowest BCUT2D eigenvalue weighted by atomic mass is 9.83. The molecule has 0 bridgehead atoms. The van der Waals surface area contributed by atoms with Gasteiger partial charge in [0.1, 0.15) is 5.75 Å². The minimum atomic E-state index is 0.929. The Morgan fingerprint density at radius 2 is 1.79 bits per heavy atom. The van der Waals surface area contributed by atoms with Gasteiger partial charge in [-0.2, -0.15) is 0 Å². The van der Waals surface area contributed by atoms with Crippen molar-refractivity contribution in [1.82, 2.24) is 5.32 Å². The monoisotopic (exact) mass is 260 g/mol. The highest BCUT2D eigenvalue weighted by Crippen LogP contribution is 2.31. The molecule has 3 heteroatoms. The molecule has 1 aromatic rings. The highest BCUT2D eigenvalue weighted by molar-refractivity contribution is 5.49. The quantitative estimate of drug-likeness (QED) is 0.904. The molecule has 2 aliphatic heterocycles. The average molecular weight is 260 g/mol. The molecule has 0 spiro atoms. The molecular weight excluding hydrogens is 236 g/mol. The van der Waals surface area contributed by atoms with E-state index in [9.17, 15) is 0 Å². The lowest BCUT2D eigenvalue weighted by Crippen LogP contribution is -2.36. The maximum Gasteiger partial charge on any atom is 0.119 e. The molecule has 3 rings (SSSR count). The van der Waals surface area contributed by atoms with E-state index in [1.54, 1.807) is 7.11 Å². The zero-order chi connectivity index (χ0) is 13.1. The van der Waals surface area contributed by atoms with Crippen LogP contribution in [0.3, 0.4) is 0 Å². The lowest BCUT2D eigenvalue weighted by Gasteiger charge is -2.36. The molecule has 0 radical (unpaired) electrons. The van der Waals surface area contributed by atoms with E-state index in [0.717, 1.165) is 17.6 Å². The Bertz CT molecular complexity index is 390. The second-order valence-corrected chi connectivity index (χ2v) is 5.78. The molecule has 1 N–H and O–H groups in total. The van der Waals surface area contributed by atoms with Crippen LogP contribution in [-0.4, -0.2) is 33.3 Å². The predicted octanol–water partition coefficient (Wildman–Crippen LogP) is 2.52. The van der Waals surface area contributed by atoms with E-state index in [2.05, 4.69) is 34.5 Å². The van der Waals surface area contributed by atoms with Crippen molar-refractivity contribution in [2.24, 2.45) is 11.8 Å². The Hall–Kier alpha value is -1.22. The van der Waals surface area contributed by atoms with Crippen LogP contribution in [0.2, 0.25) is 0 Å². The van der Waals surface area contributed by atoms with E-state index >= 15 is 0 Å². The molecule has 3 nitrogen and oxygen atoms in total. The van der Waals surface area contributed by atoms with Gasteiger partial charge >= 0.3 is 0 Å². The zero-order valence-electron chi connectivity index (χ0n) is 11.8. The van der Waals surface area contributed by atoms with E-state index in [1.807, 2.05) is 0 Å². The number of methoxy groups -OCH3 is 1. The van der Waals surface area contributed by atoms with Crippen LogP contribution in [0.5, 0.6) is 5.75 Å². The average Bonchev–Trinajstić information content (AvgIpc) is 3.02. The summed E-state index contributed by atoms with van der Waals surface area (Å²) in [4.78, 5) is 2.51. The standard InChI is InChI=1S/C16H24N2O/c1-19-16-4-2-15(3-5-16)18-10-7-13(8-11-18)14-6-9-17-12-14/h2-5,13-14,17H,6-12H2,1H3. The van der Waals surface area contributed by atoms with Crippen LogP contribution in [0.15, 0.2) is 24.3 Å². The van der Waals surface area contributed by atoms with Crippen molar-refractivity contribution in [2.75, 3.05) is 38.2 Å². The SMILES string of the molecule is COc1ccc(N2CCC(C3CCNC3)CC2)cc1. The topological polar surface area (TPSA) is 24.5 Å². The van der Waals surface area contributed by atoms with Gasteiger partial charge in [-0.25, -0.2) is 0 Å². The summed E-state index contributed by atoms with van der Waals surface area (Å²) in [5.41, 5.74) is 1.34. The van der Waals surface area contributed by atoms with Gasteiger partial charge in [0.25, 0.3) is 0 Å². The van der Waals surface area contributed by atoms with Gasteiger partial charge in [-0.1, -0.05) is 0 Å². The number of nitrogens with zero attached hydrogens (tertiary/aromatic N) is 1. The molecule has 2 aliphatic rings. The van der Waals surface area contributed by atoms with Gasteiger partial charge in [0.2, 0.25) is 0 Å². The second kappa shape index (κ2) is 5.83. The third-order valence-corrected chi connectivity index (χ3v) is 4.74. The number of rotatable bonds is 3. The van der Waals surface area contributed by atoms with E-state index < -0.39 is 0 Å². The van der Waals surface area contributed by atoms with Crippen LogP contribution in [0.1, 0.15) is 19.3 Å². The third-order valence-electron chi connectivity index (χ3n) is 4.74. The number of hydrogen-bond donors (Lipinski definition) is 1. The molecular formula is C16H24N2O. The minimum Gasteiger partial charge on any atom is -0.497 e. The summed E-state index contributed by atoms with van der Waals surface area (Å²) in [6, 6.07) is 8.47. The number of piperidine rings is 1. The molecule has 0 aliphatic carbocycles. The van der Waals surface area contributed by atoms with Gasteiger partial charge in [0.15, 0.2) is 0 Å². The maximum absolute atomic E-state index is 5.22. The fourth-order valence-corrected chi connectivity index (χ4v) is 3.50. The maximum atomic E-state index is 5.22. The number of anilines is 1. The minimum absolute atomic E-state index is 0.929. The predicted molar refractivity (Wildman–Crippen MR) is 78.9 cm³/mol. The Balaban J connectivity index is 1.56. The largest absolute Gasteiger partial charge is 0.497 e. The smallest absolute Gasteiger partial charge is 0.119 e. The summed E-state index contributed by atoms with van der Waals surface area (Å²) >= 11 is 0. The molecule has 19 heavy (non-hydrogen) atoms. The number of benzene rings is 1. The fraction of sp³-hybridized carbons (Fsp3) is 0.625. The first kappa shape index (κ1) is 12.8. The van der Waals surface area contributed by atoms with Gasteiger partial charge in [-0.3, -0.25) is 0 Å². The summed E-state index contributed by atoms with van der Waals surface area (Å²) < 4.78 is 5.22. The lowest BCUT2D eigenvalue weighted by molar-refractivity contribution is 0.292. The van der Waals surface area contributed by atoms with Crippen LogP contribution in [0.4, 0.5) is 5.69 Å². The van der Waals surface area contributed by atoms with Crippen LogP contribution in [0.25, 0.3) is 0 Å². The van der Waals surface area contributed by atoms with Crippen molar-refractivity contribution in [3.63, 3.8) is 0 Å². The van der Waals surface area contributed by atoms with Crippen molar-refractivity contribution < 1.29 is 4.74 Å². The van der Waals surface area contributed by atoms with Crippen LogP contribution in [0, 0.1) is 11.8 Å². The summed E-state index contributed by atoms with van der Waals surface area (Å²) in [7, 11) is 1.72. The highest BCUT2D eigenvalue weighted by Gasteiger charge is 2.28.